The molecule has 14 heavy (non-hydrogen) atoms. The van der Waals surface area contributed by atoms with Crippen LogP contribution >= 0.6 is 0 Å². The third-order valence-corrected chi connectivity index (χ3v) is 4.79. The molecule has 2 saturated carbocycles. The van der Waals surface area contributed by atoms with Crippen LogP contribution in [0, 0.1) is 16.7 Å². The Kier molecular flexibility index (Phi) is 1.93. The average molecular weight is 192 g/mol. The van der Waals surface area contributed by atoms with E-state index in [1.165, 1.54) is 6.42 Å². The van der Waals surface area contributed by atoms with Gasteiger partial charge in [0, 0.05) is 5.41 Å². The zero-order valence-corrected chi connectivity index (χ0v) is 9.68. The normalized spacial score (nSPS) is 42.4. The van der Waals surface area contributed by atoms with Crippen LogP contribution in [0.25, 0.3) is 0 Å². The monoisotopic (exact) mass is 192 g/mol. The van der Waals surface area contributed by atoms with Crippen LogP contribution in [-0.2, 0) is 4.79 Å². The predicted octanol–water partition coefficient (Wildman–Crippen LogP) is 3.35. The fourth-order valence-corrected chi connectivity index (χ4v) is 3.38. The number of hydrogen-bond donors (Lipinski definition) is 0. The van der Waals surface area contributed by atoms with Crippen molar-refractivity contribution >= 4 is 5.78 Å². The van der Waals surface area contributed by atoms with Gasteiger partial charge in [0.25, 0.3) is 0 Å². The highest BCUT2D eigenvalue weighted by Crippen LogP contribution is 2.65. The summed E-state index contributed by atoms with van der Waals surface area (Å²) in [4.78, 5) is 12.2. The van der Waals surface area contributed by atoms with Gasteiger partial charge in [-0.15, -0.1) is 0 Å². The van der Waals surface area contributed by atoms with E-state index in [1.54, 1.807) is 0 Å². The Morgan fingerprint density at radius 3 is 2.50 bits per heavy atom. The molecule has 2 aliphatic carbocycles. The first-order valence-corrected chi connectivity index (χ1v) is 5.70. The van der Waals surface area contributed by atoms with Gasteiger partial charge in [-0.3, -0.25) is 4.79 Å². The Hall–Kier alpha value is -0.590. The van der Waals surface area contributed by atoms with Gasteiger partial charge in [0.2, 0.25) is 0 Å². The Balaban J connectivity index is 2.49. The minimum absolute atomic E-state index is 0.0708. The van der Waals surface area contributed by atoms with Crippen molar-refractivity contribution in [2.75, 3.05) is 0 Å². The first-order chi connectivity index (χ1) is 6.45. The van der Waals surface area contributed by atoms with E-state index in [0.29, 0.717) is 11.7 Å². The zero-order valence-electron chi connectivity index (χ0n) is 9.68. The van der Waals surface area contributed by atoms with Crippen LogP contribution in [0.1, 0.15) is 47.0 Å². The molecule has 0 spiro atoms. The molecule has 0 aromatic carbocycles. The Bertz CT molecular complexity index is 311. The van der Waals surface area contributed by atoms with Crippen molar-refractivity contribution in [3.05, 3.63) is 11.6 Å². The molecular weight excluding hydrogens is 172 g/mol. The van der Waals surface area contributed by atoms with Gasteiger partial charge >= 0.3 is 0 Å². The second-order valence-corrected chi connectivity index (χ2v) is 5.54. The molecule has 0 heterocycles. The standard InChI is InChI=1S/C13H20O/c1-5-6-9-10-7-8-13(4,11(9)14)12(10,2)3/h6,10H,5,7-8H2,1-4H3/b9-6+/t10-,13-/m0/s1. The van der Waals surface area contributed by atoms with Crippen LogP contribution in [0.4, 0.5) is 0 Å². The summed E-state index contributed by atoms with van der Waals surface area (Å²) < 4.78 is 0. The van der Waals surface area contributed by atoms with E-state index in [0.717, 1.165) is 18.4 Å². The van der Waals surface area contributed by atoms with Gasteiger partial charge in [0.05, 0.1) is 0 Å². The molecule has 2 bridgehead atoms. The highest BCUT2D eigenvalue weighted by molar-refractivity contribution is 6.04. The van der Waals surface area contributed by atoms with Gasteiger partial charge in [-0.2, -0.15) is 0 Å². The maximum absolute atomic E-state index is 12.2. The van der Waals surface area contributed by atoms with Crippen LogP contribution in [-0.4, -0.2) is 5.78 Å². The first kappa shape index (κ1) is 9.95. The highest BCUT2D eigenvalue weighted by atomic mass is 16.1. The van der Waals surface area contributed by atoms with E-state index in [4.69, 9.17) is 0 Å². The molecule has 2 aliphatic rings. The molecule has 0 N–H and O–H groups in total. The molecule has 0 aromatic heterocycles. The smallest absolute Gasteiger partial charge is 0.165 e. The van der Waals surface area contributed by atoms with Gasteiger partial charge in [-0.25, -0.2) is 0 Å². The SMILES string of the molecule is CC/C=C1/C(=O)[C@]2(C)CC[C@@H]1C2(C)C. The molecule has 0 radical (unpaired) electrons. The molecule has 0 aliphatic heterocycles. The van der Waals surface area contributed by atoms with Gasteiger partial charge in [-0.1, -0.05) is 33.8 Å². The van der Waals surface area contributed by atoms with Crippen molar-refractivity contribution < 1.29 is 4.79 Å². The Morgan fingerprint density at radius 1 is 1.43 bits per heavy atom. The van der Waals surface area contributed by atoms with Crippen LogP contribution in [0.15, 0.2) is 11.6 Å². The van der Waals surface area contributed by atoms with E-state index in [1.807, 2.05) is 0 Å². The molecule has 0 amide bonds. The number of hydrogen-bond acceptors (Lipinski definition) is 1. The molecule has 0 aromatic rings. The second-order valence-electron chi connectivity index (χ2n) is 5.54. The third kappa shape index (κ3) is 0.884. The summed E-state index contributed by atoms with van der Waals surface area (Å²) >= 11 is 0. The number of Topliss-reactive ketones (excluding diaryl/α,β-unsaturated/α-hetero) is 1. The number of fused-ring (bicyclic) bond motifs is 2. The maximum Gasteiger partial charge on any atom is 0.165 e. The summed E-state index contributed by atoms with van der Waals surface area (Å²) in [6.07, 6.45) is 5.44. The number of allylic oxidation sites excluding steroid dienone is 2. The van der Waals surface area contributed by atoms with Crippen LogP contribution in [0.2, 0.25) is 0 Å². The lowest BCUT2D eigenvalue weighted by Gasteiger charge is -2.31. The van der Waals surface area contributed by atoms with Crippen molar-refractivity contribution in [3.63, 3.8) is 0 Å². The van der Waals surface area contributed by atoms with E-state index in [2.05, 4.69) is 33.8 Å². The van der Waals surface area contributed by atoms with E-state index >= 15 is 0 Å². The first-order valence-electron chi connectivity index (χ1n) is 5.70. The lowest BCUT2D eigenvalue weighted by Crippen LogP contribution is -2.32. The molecule has 0 saturated heterocycles. The largest absolute Gasteiger partial charge is 0.294 e. The number of carbonyl (C=O) groups is 1. The minimum Gasteiger partial charge on any atom is -0.294 e. The lowest BCUT2D eigenvalue weighted by atomic mass is 9.70. The predicted molar refractivity (Wildman–Crippen MR) is 58.0 cm³/mol. The molecule has 78 valence electrons. The average Bonchev–Trinajstić information content (AvgIpc) is 2.41. The van der Waals surface area contributed by atoms with E-state index < -0.39 is 0 Å². The van der Waals surface area contributed by atoms with Crippen molar-refractivity contribution in [2.45, 2.75) is 47.0 Å². The topological polar surface area (TPSA) is 17.1 Å². The summed E-state index contributed by atoms with van der Waals surface area (Å²) in [6, 6.07) is 0. The van der Waals surface area contributed by atoms with E-state index in [9.17, 15) is 4.79 Å². The summed E-state index contributed by atoms with van der Waals surface area (Å²) in [5.41, 5.74) is 1.25. The quantitative estimate of drug-likeness (QED) is 0.582. The lowest BCUT2D eigenvalue weighted by molar-refractivity contribution is -0.125. The highest BCUT2D eigenvalue weighted by Gasteiger charge is 2.63. The maximum atomic E-state index is 12.2. The molecule has 1 nitrogen and oxygen atoms in total. The fourth-order valence-electron chi connectivity index (χ4n) is 3.38. The van der Waals surface area contributed by atoms with Crippen molar-refractivity contribution in [2.24, 2.45) is 16.7 Å². The second kappa shape index (κ2) is 2.71. The van der Waals surface area contributed by atoms with Gasteiger partial charge in [0.15, 0.2) is 5.78 Å². The molecule has 2 atom stereocenters. The summed E-state index contributed by atoms with van der Waals surface area (Å²) in [6.45, 7) is 8.80. The van der Waals surface area contributed by atoms with E-state index in [-0.39, 0.29) is 10.8 Å². The molecule has 2 fully saturated rings. The minimum atomic E-state index is -0.0708. The Labute approximate surface area is 86.6 Å². The van der Waals surface area contributed by atoms with Crippen LogP contribution < -0.4 is 0 Å². The molecular formula is C13H20O. The van der Waals surface area contributed by atoms with Crippen molar-refractivity contribution in [3.8, 4) is 0 Å². The molecule has 0 unspecified atom stereocenters. The molecule has 2 rings (SSSR count). The van der Waals surface area contributed by atoms with Gasteiger partial charge in [0.1, 0.15) is 0 Å². The fraction of sp³-hybridized carbons (Fsp3) is 0.769. The third-order valence-electron chi connectivity index (χ3n) is 4.79. The summed E-state index contributed by atoms with van der Waals surface area (Å²) in [5, 5.41) is 0. The van der Waals surface area contributed by atoms with Crippen molar-refractivity contribution in [1.29, 1.82) is 0 Å². The van der Waals surface area contributed by atoms with Crippen LogP contribution in [0.3, 0.4) is 0 Å². The van der Waals surface area contributed by atoms with Crippen molar-refractivity contribution in [1.82, 2.24) is 0 Å². The molecule has 1 heteroatoms. The zero-order chi connectivity index (χ0) is 10.6. The number of ketones is 1. The van der Waals surface area contributed by atoms with Gasteiger partial charge < -0.3 is 0 Å². The summed E-state index contributed by atoms with van der Waals surface area (Å²) in [5.74, 6) is 0.959. The number of carbonyl (C=O) groups excluding carboxylic acids is 1. The van der Waals surface area contributed by atoms with Gasteiger partial charge in [-0.05, 0) is 36.2 Å². The number of rotatable bonds is 1. The van der Waals surface area contributed by atoms with Crippen LogP contribution in [0.5, 0.6) is 0 Å². The summed E-state index contributed by atoms with van der Waals surface area (Å²) in [7, 11) is 0. The Morgan fingerprint density at radius 2 is 2.07 bits per heavy atom.